The van der Waals surface area contributed by atoms with Gasteiger partial charge in [0.15, 0.2) is 0 Å². The zero-order valence-electron chi connectivity index (χ0n) is 15.8. The standard InChI is InChI=1S/C20H19F3O.C2H6/c1-13-8-14(2)10-18(9-13)19(20(21,22)23)7-5-16-4-6-17(12-24)15(3)11-16;1-2/h4-12,19H,1-3H3;1-2H3/b7-5+;. The summed E-state index contributed by atoms with van der Waals surface area (Å²) in [5.74, 6) is -1.66. The van der Waals surface area contributed by atoms with Gasteiger partial charge in [-0.15, -0.1) is 0 Å². The van der Waals surface area contributed by atoms with Crippen molar-refractivity contribution in [3.63, 3.8) is 0 Å². The number of aryl methyl sites for hydroxylation is 3. The molecule has 0 bridgehead atoms. The fraction of sp³-hybridized carbons (Fsp3) is 0.318. The van der Waals surface area contributed by atoms with Crippen LogP contribution in [0.4, 0.5) is 13.2 Å². The molecule has 0 saturated heterocycles. The Labute approximate surface area is 153 Å². The van der Waals surface area contributed by atoms with Crippen molar-refractivity contribution in [1.29, 1.82) is 0 Å². The third-order valence-corrected chi connectivity index (χ3v) is 3.86. The molecular weight excluding hydrogens is 337 g/mol. The van der Waals surface area contributed by atoms with Gasteiger partial charge in [-0.05, 0) is 37.5 Å². The average molecular weight is 362 g/mol. The first-order chi connectivity index (χ1) is 12.2. The summed E-state index contributed by atoms with van der Waals surface area (Å²) in [7, 11) is 0. The molecule has 0 aliphatic carbocycles. The molecule has 0 aliphatic rings. The summed E-state index contributed by atoms with van der Waals surface area (Å²) < 4.78 is 40.4. The number of carbonyl (C=O) groups is 1. The third kappa shape index (κ3) is 5.87. The molecule has 0 radical (unpaired) electrons. The van der Waals surface area contributed by atoms with Crippen molar-refractivity contribution in [1.82, 2.24) is 0 Å². The van der Waals surface area contributed by atoms with E-state index in [1.54, 1.807) is 51.1 Å². The highest BCUT2D eigenvalue weighted by atomic mass is 19.4. The Kier molecular flexibility index (Phi) is 7.81. The molecule has 4 heteroatoms. The van der Waals surface area contributed by atoms with Gasteiger partial charge in [-0.1, -0.05) is 73.5 Å². The molecule has 0 aliphatic heterocycles. The van der Waals surface area contributed by atoms with Gasteiger partial charge in [0.2, 0.25) is 0 Å². The first-order valence-corrected chi connectivity index (χ1v) is 8.59. The van der Waals surface area contributed by atoms with Crippen molar-refractivity contribution in [2.45, 2.75) is 46.7 Å². The highest BCUT2D eigenvalue weighted by Gasteiger charge is 2.39. The van der Waals surface area contributed by atoms with E-state index in [0.29, 0.717) is 11.1 Å². The van der Waals surface area contributed by atoms with Crippen molar-refractivity contribution in [2.75, 3.05) is 0 Å². The number of alkyl halides is 3. The minimum atomic E-state index is -4.37. The van der Waals surface area contributed by atoms with Gasteiger partial charge in [0.25, 0.3) is 0 Å². The summed E-state index contributed by atoms with van der Waals surface area (Å²) in [6.45, 7) is 9.33. The van der Waals surface area contributed by atoms with Crippen molar-refractivity contribution in [3.8, 4) is 0 Å². The van der Waals surface area contributed by atoms with E-state index < -0.39 is 12.1 Å². The number of benzene rings is 2. The van der Waals surface area contributed by atoms with E-state index in [9.17, 15) is 18.0 Å². The van der Waals surface area contributed by atoms with E-state index in [4.69, 9.17) is 0 Å². The second kappa shape index (κ2) is 9.37. The maximum atomic E-state index is 13.5. The molecule has 2 rings (SSSR count). The van der Waals surface area contributed by atoms with E-state index >= 15 is 0 Å². The second-order valence-corrected chi connectivity index (χ2v) is 6.03. The fourth-order valence-corrected chi connectivity index (χ4v) is 2.74. The molecule has 0 N–H and O–H groups in total. The van der Waals surface area contributed by atoms with E-state index in [-0.39, 0.29) is 5.56 Å². The lowest BCUT2D eigenvalue weighted by Crippen LogP contribution is -2.19. The van der Waals surface area contributed by atoms with Crippen LogP contribution in [0.15, 0.2) is 42.5 Å². The molecule has 0 aromatic heterocycles. The maximum absolute atomic E-state index is 13.5. The van der Waals surface area contributed by atoms with Gasteiger partial charge in [0.1, 0.15) is 6.29 Å². The predicted molar refractivity (Wildman–Crippen MR) is 102 cm³/mol. The zero-order valence-corrected chi connectivity index (χ0v) is 15.8. The van der Waals surface area contributed by atoms with Crippen LogP contribution >= 0.6 is 0 Å². The molecule has 1 unspecified atom stereocenters. The van der Waals surface area contributed by atoms with Crippen LogP contribution in [-0.2, 0) is 0 Å². The molecule has 0 saturated carbocycles. The minimum absolute atomic E-state index is 0.234. The van der Waals surface area contributed by atoms with E-state index in [2.05, 4.69) is 0 Å². The molecule has 26 heavy (non-hydrogen) atoms. The Hall–Kier alpha value is -2.36. The van der Waals surface area contributed by atoms with E-state index in [1.807, 2.05) is 19.9 Å². The van der Waals surface area contributed by atoms with Crippen LogP contribution in [0.25, 0.3) is 6.08 Å². The number of allylic oxidation sites excluding steroid dienone is 1. The number of hydrogen-bond acceptors (Lipinski definition) is 1. The van der Waals surface area contributed by atoms with Crippen molar-refractivity contribution >= 4 is 12.4 Å². The van der Waals surface area contributed by atoms with Gasteiger partial charge in [0, 0.05) is 5.56 Å². The lowest BCUT2D eigenvalue weighted by atomic mass is 9.93. The monoisotopic (exact) mass is 362 g/mol. The van der Waals surface area contributed by atoms with Crippen LogP contribution in [0.2, 0.25) is 0 Å². The average Bonchev–Trinajstić information content (AvgIpc) is 2.55. The molecule has 0 fully saturated rings. The molecule has 0 heterocycles. The second-order valence-electron chi connectivity index (χ2n) is 6.03. The SMILES string of the molecule is CC.Cc1cc(C)cc(C(/C=C/c2ccc(C=O)c(C)c2)C(F)(F)F)c1. The number of halogens is 3. The Balaban J connectivity index is 0.00000163. The van der Waals surface area contributed by atoms with Gasteiger partial charge in [-0.3, -0.25) is 4.79 Å². The van der Waals surface area contributed by atoms with Crippen LogP contribution in [0.3, 0.4) is 0 Å². The quantitative estimate of drug-likeness (QED) is 0.546. The lowest BCUT2D eigenvalue weighted by Gasteiger charge is -2.18. The molecule has 2 aromatic rings. The van der Waals surface area contributed by atoms with Crippen molar-refractivity contribution in [2.24, 2.45) is 0 Å². The van der Waals surface area contributed by atoms with Crippen LogP contribution < -0.4 is 0 Å². The summed E-state index contributed by atoms with van der Waals surface area (Å²) >= 11 is 0. The van der Waals surface area contributed by atoms with Gasteiger partial charge < -0.3 is 0 Å². The summed E-state index contributed by atoms with van der Waals surface area (Å²) in [5, 5.41) is 0. The fourth-order valence-electron chi connectivity index (χ4n) is 2.74. The van der Waals surface area contributed by atoms with Crippen molar-refractivity contribution < 1.29 is 18.0 Å². The maximum Gasteiger partial charge on any atom is 0.399 e. The van der Waals surface area contributed by atoms with Crippen molar-refractivity contribution in [3.05, 3.63) is 75.9 Å². The summed E-state index contributed by atoms with van der Waals surface area (Å²) in [6.07, 6.45) is -1.01. The number of rotatable bonds is 4. The van der Waals surface area contributed by atoms with Crippen LogP contribution in [-0.4, -0.2) is 12.5 Å². The van der Waals surface area contributed by atoms with Gasteiger partial charge >= 0.3 is 6.18 Å². The van der Waals surface area contributed by atoms with E-state index in [0.717, 1.165) is 23.0 Å². The molecule has 1 nitrogen and oxygen atoms in total. The normalized spacial score (nSPS) is 12.5. The number of hydrogen-bond donors (Lipinski definition) is 0. The van der Waals surface area contributed by atoms with Gasteiger partial charge in [0.05, 0.1) is 5.92 Å². The Morgan fingerprint density at radius 1 is 0.923 bits per heavy atom. The molecule has 0 amide bonds. The minimum Gasteiger partial charge on any atom is -0.298 e. The molecule has 0 spiro atoms. The van der Waals surface area contributed by atoms with Crippen LogP contribution in [0.5, 0.6) is 0 Å². The Bertz CT molecular complexity index is 753. The molecule has 140 valence electrons. The van der Waals surface area contributed by atoms with E-state index in [1.165, 1.54) is 12.2 Å². The summed E-state index contributed by atoms with van der Waals surface area (Å²) in [5.41, 5.74) is 3.75. The smallest absolute Gasteiger partial charge is 0.298 e. The molecule has 1 atom stereocenters. The molecule has 2 aromatic carbocycles. The lowest BCUT2D eigenvalue weighted by molar-refractivity contribution is -0.139. The number of aldehydes is 1. The summed E-state index contributed by atoms with van der Waals surface area (Å²) in [4.78, 5) is 10.8. The van der Waals surface area contributed by atoms with Gasteiger partial charge in [-0.25, -0.2) is 0 Å². The summed E-state index contributed by atoms with van der Waals surface area (Å²) in [6, 6.07) is 9.94. The highest BCUT2D eigenvalue weighted by Crippen LogP contribution is 2.37. The van der Waals surface area contributed by atoms with Crippen LogP contribution in [0, 0.1) is 20.8 Å². The van der Waals surface area contributed by atoms with Gasteiger partial charge in [-0.2, -0.15) is 13.2 Å². The third-order valence-electron chi connectivity index (χ3n) is 3.86. The predicted octanol–water partition coefficient (Wildman–Crippen LogP) is 6.81. The number of carbonyl (C=O) groups excluding carboxylic acids is 1. The molecular formula is C22H25F3O. The topological polar surface area (TPSA) is 17.1 Å². The highest BCUT2D eigenvalue weighted by molar-refractivity contribution is 5.78. The van der Waals surface area contributed by atoms with Crippen LogP contribution in [0.1, 0.15) is 57.9 Å². The largest absolute Gasteiger partial charge is 0.399 e. The first kappa shape index (κ1) is 21.7. The zero-order chi connectivity index (χ0) is 19.9. The Morgan fingerprint density at radius 3 is 1.96 bits per heavy atom. The first-order valence-electron chi connectivity index (χ1n) is 8.59. The Morgan fingerprint density at radius 2 is 1.50 bits per heavy atom.